The number of Topliss-reactive ketones (excluding diaryl/α,β-unsaturated/α-hetero) is 1. The van der Waals surface area contributed by atoms with Gasteiger partial charge in [-0.2, -0.15) is 0 Å². The molecule has 0 aromatic heterocycles. The molecule has 156 valence electrons. The SMILES string of the molecule is CC(=O)c1cc2c(cc1NC(=O)COC(=O)CNC(=O)c1ccc(F)cc1)OCO2. The number of rotatable bonds is 7. The third-order valence-electron chi connectivity index (χ3n) is 4.03. The summed E-state index contributed by atoms with van der Waals surface area (Å²) in [4.78, 5) is 47.5. The minimum atomic E-state index is -0.849. The highest BCUT2D eigenvalue weighted by Gasteiger charge is 2.21. The van der Waals surface area contributed by atoms with Gasteiger partial charge in [-0.15, -0.1) is 0 Å². The third-order valence-corrected chi connectivity index (χ3v) is 4.03. The molecule has 0 atom stereocenters. The maximum Gasteiger partial charge on any atom is 0.325 e. The van der Waals surface area contributed by atoms with Crippen LogP contribution in [0.5, 0.6) is 11.5 Å². The smallest absolute Gasteiger partial charge is 0.325 e. The number of hydrogen-bond acceptors (Lipinski definition) is 7. The van der Waals surface area contributed by atoms with Gasteiger partial charge in [0.1, 0.15) is 12.4 Å². The molecule has 1 aliphatic heterocycles. The van der Waals surface area contributed by atoms with E-state index in [-0.39, 0.29) is 29.4 Å². The molecule has 1 aliphatic rings. The summed E-state index contributed by atoms with van der Waals surface area (Å²) < 4.78 is 28.1. The number of nitrogens with one attached hydrogen (secondary N) is 2. The van der Waals surface area contributed by atoms with E-state index in [1.807, 2.05) is 0 Å². The summed E-state index contributed by atoms with van der Waals surface area (Å²) in [5.41, 5.74) is 0.574. The first-order valence-corrected chi connectivity index (χ1v) is 8.77. The average molecular weight is 416 g/mol. The number of halogens is 1. The van der Waals surface area contributed by atoms with Gasteiger partial charge in [0, 0.05) is 17.2 Å². The second-order valence-electron chi connectivity index (χ2n) is 6.21. The van der Waals surface area contributed by atoms with E-state index in [4.69, 9.17) is 14.2 Å². The molecule has 0 radical (unpaired) electrons. The molecule has 9 nitrogen and oxygen atoms in total. The first kappa shape index (κ1) is 20.8. The van der Waals surface area contributed by atoms with Crippen molar-refractivity contribution in [3.8, 4) is 11.5 Å². The average Bonchev–Trinajstić information content (AvgIpc) is 3.17. The van der Waals surface area contributed by atoms with Gasteiger partial charge in [0.05, 0.1) is 5.69 Å². The quantitative estimate of drug-likeness (QED) is 0.520. The summed E-state index contributed by atoms with van der Waals surface area (Å²) in [5.74, 6) is -2.16. The second-order valence-corrected chi connectivity index (χ2v) is 6.21. The number of carbonyl (C=O) groups is 4. The summed E-state index contributed by atoms with van der Waals surface area (Å²) in [6.45, 7) is 0.228. The number of carbonyl (C=O) groups excluding carboxylic acids is 4. The van der Waals surface area contributed by atoms with E-state index in [1.165, 1.54) is 31.2 Å². The highest BCUT2D eigenvalue weighted by molar-refractivity contribution is 6.05. The highest BCUT2D eigenvalue weighted by Crippen LogP contribution is 2.37. The van der Waals surface area contributed by atoms with Crippen LogP contribution in [0.4, 0.5) is 10.1 Å². The lowest BCUT2D eigenvalue weighted by Crippen LogP contribution is -2.32. The van der Waals surface area contributed by atoms with Crippen molar-refractivity contribution in [3.63, 3.8) is 0 Å². The lowest BCUT2D eigenvalue weighted by Gasteiger charge is -2.11. The van der Waals surface area contributed by atoms with Gasteiger partial charge < -0.3 is 24.8 Å². The van der Waals surface area contributed by atoms with Crippen LogP contribution in [0.25, 0.3) is 0 Å². The number of benzene rings is 2. The molecule has 0 bridgehead atoms. The second kappa shape index (κ2) is 9.03. The Morgan fingerprint density at radius 1 is 1.07 bits per heavy atom. The minimum Gasteiger partial charge on any atom is -0.454 e. The molecule has 0 unspecified atom stereocenters. The topological polar surface area (TPSA) is 120 Å². The molecule has 2 aromatic rings. The Hall–Kier alpha value is -3.95. The first-order chi connectivity index (χ1) is 14.3. The summed E-state index contributed by atoms with van der Waals surface area (Å²) >= 11 is 0. The van der Waals surface area contributed by atoms with Crippen LogP contribution in [-0.2, 0) is 14.3 Å². The van der Waals surface area contributed by atoms with Gasteiger partial charge in [0.2, 0.25) is 6.79 Å². The molecule has 1 heterocycles. The molecule has 3 rings (SSSR count). The molecule has 30 heavy (non-hydrogen) atoms. The molecule has 2 aromatic carbocycles. The monoisotopic (exact) mass is 416 g/mol. The predicted octanol–water partition coefficient (Wildman–Crippen LogP) is 1.67. The van der Waals surface area contributed by atoms with Crippen molar-refractivity contribution in [2.45, 2.75) is 6.92 Å². The van der Waals surface area contributed by atoms with Crippen LogP contribution < -0.4 is 20.1 Å². The van der Waals surface area contributed by atoms with E-state index >= 15 is 0 Å². The summed E-state index contributed by atoms with van der Waals surface area (Å²) in [6, 6.07) is 7.66. The van der Waals surface area contributed by atoms with Crippen molar-refractivity contribution >= 4 is 29.3 Å². The number of fused-ring (bicyclic) bond motifs is 1. The zero-order chi connectivity index (χ0) is 21.7. The number of ether oxygens (including phenoxy) is 3. The van der Waals surface area contributed by atoms with Crippen molar-refractivity contribution < 1.29 is 37.8 Å². The van der Waals surface area contributed by atoms with Gasteiger partial charge in [-0.25, -0.2) is 4.39 Å². The Balaban J connectivity index is 1.50. The first-order valence-electron chi connectivity index (χ1n) is 8.77. The van der Waals surface area contributed by atoms with E-state index in [9.17, 15) is 23.6 Å². The number of anilines is 1. The Bertz CT molecular complexity index is 1000. The number of amides is 2. The van der Waals surface area contributed by atoms with Crippen LogP contribution in [0, 0.1) is 5.82 Å². The molecular formula is C20H17FN2O7. The van der Waals surface area contributed by atoms with Gasteiger partial charge in [-0.3, -0.25) is 19.2 Å². The summed E-state index contributed by atoms with van der Waals surface area (Å²) in [7, 11) is 0. The number of esters is 1. The fourth-order valence-corrected chi connectivity index (χ4v) is 2.58. The molecule has 2 amide bonds. The minimum absolute atomic E-state index is 0.00529. The molecule has 0 aliphatic carbocycles. The van der Waals surface area contributed by atoms with Gasteiger partial charge in [-0.05, 0) is 37.3 Å². The van der Waals surface area contributed by atoms with Crippen molar-refractivity contribution in [1.29, 1.82) is 0 Å². The molecule has 0 saturated carbocycles. The van der Waals surface area contributed by atoms with Crippen LogP contribution in [-0.4, -0.2) is 43.5 Å². The zero-order valence-corrected chi connectivity index (χ0v) is 15.8. The molecule has 0 saturated heterocycles. The number of ketones is 1. The van der Waals surface area contributed by atoms with Gasteiger partial charge >= 0.3 is 5.97 Å². The third kappa shape index (κ3) is 5.10. The zero-order valence-electron chi connectivity index (χ0n) is 15.8. The largest absolute Gasteiger partial charge is 0.454 e. The van der Waals surface area contributed by atoms with E-state index in [1.54, 1.807) is 0 Å². The highest BCUT2D eigenvalue weighted by atomic mass is 19.1. The van der Waals surface area contributed by atoms with Crippen LogP contribution in [0.3, 0.4) is 0 Å². The number of hydrogen-bond donors (Lipinski definition) is 2. The van der Waals surface area contributed by atoms with Crippen molar-refractivity contribution in [3.05, 3.63) is 53.3 Å². The van der Waals surface area contributed by atoms with Crippen molar-refractivity contribution in [1.82, 2.24) is 5.32 Å². The maximum atomic E-state index is 12.9. The molecule has 0 spiro atoms. The van der Waals surface area contributed by atoms with Crippen LogP contribution in [0.15, 0.2) is 36.4 Å². The molecule has 10 heteroatoms. The summed E-state index contributed by atoms with van der Waals surface area (Å²) in [5, 5.41) is 4.78. The lowest BCUT2D eigenvalue weighted by atomic mass is 10.1. The molecular weight excluding hydrogens is 399 g/mol. The normalized spacial score (nSPS) is 11.5. The lowest BCUT2D eigenvalue weighted by molar-refractivity contribution is -0.146. The van der Waals surface area contributed by atoms with E-state index in [0.717, 1.165) is 12.1 Å². The van der Waals surface area contributed by atoms with Crippen molar-refractivity contribution in [2.24, 2.45) is 0 Å². The van der Waals surface area contributed by atoms with Crippen LogP contribution in [0.2, 0.25) is 0 Å². The Morgan fingerprint density at radius 3 is 2.40 bits per heavy atom. The van der Waals surface area contributed by atoms with Gasteiger partial charge in [0.15, 0.2) is 23.9 Å². The fourth-order valence-electron chi connectivity index (χ4n) is 2.58. The fraction of sp³-hybridized carbons (Fsp3) is 0.200. The Labute approximate surface area is 170 Å². The van der Waals surface area contributed by atoms with Crippen molar-refractivity contribution in [2.75, 3.05) is 25.3 Å². The van der Waals surface area contributed by atoms with Crippen LogP contribution >= 0.6 is 0 Å². The van der Waals surface area contributed by atoms with Crippen LogP contribution in [0.1, 0.15) is 27.6 Å². The van der Waals surface area contributed by atoms with E-state index < -0.39 is 36.8 Å². The molecule has 0 fully saturated rings. The van der Waals surface area contributed by atoms with E-state index in [0.29, 0.717) is 11.5 Å². The molecule has 2 N–H and O–H groups in total. The van der Waals surface area contributed by atoms with E-state index in [2.05, 4.69) is 10.6 Å². The Morgan fingerprint density at radius 2 is 1.73 bits per heavy atom. The standard InChI is InChI=1S/C20H17FN2O7/c1-11(24)14-6-16-17(30-10-29-16)7-15(14)23-18(25)9-28-19(26)8-22-20(27)12-2-4-13(21)5-3-12/h2-7H,8-10H2,1H3,(H,22,27)(H,23,25). The van der Waals surface area contributed by atoms with Gasteiger partial charge in [-0.1, -0.05) is 0 Å². The maximum absolute atomic E-state index is 12.9. The summed E-state index contributed by atoms with van der Waals surface area (Å²) in [6.07, 6.45) is 0. The Kier molecular flexibility index (Phi) is 6.26. The predicted molar refractivity (Wildman–Crippen MR) is 101 cm³/mol. The van der Waals surface area contributed by atoms with Gasteiger partial charge in [0.25, 0.3) is 11.8 Å².